The molecule has 1 fully saturated rings. The molecule has 6 nitrogen and oxygen atoms in total. The van der Waals surface area contributed by atoms with Crippen molar-refractivity contribution in [2.24, 2.45) is 0 Å². The number of nitrogen functional groups attached to an aromatic ring is 1. The fourth-order valence-electron chi connectivity index (χ4n) is 2.62. The second-order valence-corrected chi connectivity index (χ2v) is 6.59. The van der Waals surface area contributed by atoms with Crippen LogP contribution in [0.3, 0.4) is 0 Å². The van der Waals surface area contributed by atoms with Crippen LogP contribution in [0.4, 0.5) is 5.13 Å². The Morgan fingerprint density at radius 3 is 3.00 bits per heavy atom. The van der Waals surface area contributed by atoms with Crippen LogP contribution in [0, 0.1) is 0 Å². The molecule has 7 heteroatoms. The molecular formula is C13H22N4O2S. The first-order valence-corrected chi connectivity index (χ1v) is 7.61. The van der Waals surface area contributed by atoms with Crippen LogP contribution in [0.1, 0.15) is 18.5 Å². The molecular weight excluding hydrogens is 276 g/mol. The number of likely N-dealkylation sites (N-methyl/N-ethyl adjacent to an activating group) is 1. The van der Waals surface area contributed by atoms with E-state index < -0.39 is 5.60 Å². The highest BCUT2D eigenvalue weighted by Crippen LogP contribution is 2.23. The van der Waals surface area contributed by atoms with Crippen molar-refractivity contribution < 1.29 is 9.90 Å². The SMILES string of the molecule is CN(C)CC1(O)CCN(C(=O)CCc2csc(N)n2)C1. The molecule has 1 aliphatic rings. The molecule has 1 saturated heterocycles. The molecule has 0 radical (unpaired) electrons. The van der Waals surface area contributed by atoms with Crippen LogP contribution in [0.25, 0.3) is 0 Å². The lowest BCUT2D eigenvalue weighted by molar-refractivity contribution is -0.131. The minimum absolute atomic E-state index is 0.0752. The molecule has 1 aromatic rings. The predicted octanol–water partition coefficient (Wildman–Crippen LogP) is 0.183. The van der Waals surface area contributed by atoms with E-state index in [1.807, 2.05) is 24.4 Å². The van der Waals surface area contributed by atoms with Crippen LogP contribution in [-0.4, -0.2) is 65.1 Å². The zero-order chi connectivity index (χ0) is 14.8. The summed E-state index contributed by atoms with van der Waals surface area (Å²) in [4.78, 5) is 20.0. The second kappa shape index (κ2) is 6.07. The Bertz CT molecular complexity index is 477. The quantitative estimate of drug-likeness (QED) is 0.810. The van der Waals surface area contributed by atoms with Crippen molar-refractivity contribution in [1.29, 1.82) is 0 Å². The van der Waals surface area contributed by atoms with Gasteiger partial charge >= 0.3 is 0 Å². The van der Waals surface area contributed by atoms with E-state index in [4.69, 9.17) is 5.73 Å². The number of aliphatic hydroxyl groups is 1. The van der Waals surface area contributed by atoms with Crippen molar-refractivity contribution in [3.63, 3.8) is 0 Å². The Kier molecular flexibility index (Phi) is 4.62. The molecule has 0 aromatic carbocycles. The van der Waals surface area contributed by atoms with E-state index in [0.717, 1.165) is 5.69 Å². The Labute approximate surface area is 123 Å². The van der Waals surface area contributed by atoms with E-state index in [2.05, 4.69) is 4.98 Å². The summed E-state index contributed by atoms with van der Waals surface area (Å²) in [6, 6.07) is 0. The first kappa shape index (κ1) is 15.2. The van der Waals surface area contributed by atoms with Gasteiger partial charge in [-0.15, -0.1) is 11.3 Å². The van der Waals surface area contributed by atoms with E-state index in [0.29, 0.717) is 44.0 Å². The van der Waals surface area contributed by atoms with Gasteiger partial charge in [-0.2, -0.15) is 0 Å². The number of aryl methyl sites for hydroxylation is 1. The summed E-state index contributed by atoms with van der Waals surface area (Å²) in [5.74, 6) is 0.0752. The number of carbonyl (C=O) groups is 1. The Balaban J connectivity index is 1.82. The van der Waals surface area contributed by atoms with E-state index >= 15 is 0 Å². The summed E-state index contributed by atoms with van der Waals surface area (Å²) in [5, 5.41) is 12.8. The highest BCUT2D eigenvalue weighted by Gasteiger charge is 2.38. The van der Waals surface area contributed by atoms with Gasteiger partial charge in [0.05, 0.1) is 17.8 Å². The van der Waals surface area contributed by atoms with Gasteiger partial charge in [-0.25, -0.2) is 4.98 Å². The molecule has 0 spiro atoms. The maximum absolute atomic E-state index is 12.1. The number of nitrogens with zero attached hydrogens (tertiary/aromatic N) is 3. The minimum atomic E-state index is -0.774. The zero-order valence-corrected chi connectivity index (χ0v) is 12.8. The van der Waals surface area contributed by atoms with Gasteiger partial charge in [0, 0.05) is 24.9 Å². The normalized spacial score (nSPS) is 22.7. The predicted molar refractivity (Wildman–Crippen MR) is 79.5 cm³/mol. The molecule has 20 heavy (non-hydrogen) atoms. The standard InChI is InChI=1S/C13H22N4O2S/c1-16(2)8-13(19)5-6-17(9-13)11(18)4-3-10-7-20-12(14)15-10/h7,19H,3-6,8-9H2,1-2H3,(H2,14,15). The van der Waals surface area contributed by atoms with Crippen molar-refractivity contribution in [3.8, 4) is 0 Å². The maximum Gasteiger partial charge on any atom is 0.223 e. The molecule has 1 atom stereocenters. The van der Waals surface area contributed by atoms with E-state index in [1.54, 1.807) is 4.90 Å². The number of hydrogen-bond donors (Lipinski definition) is 2. The van der Waals surface area contributed by atoms with E-state index in [1.165, 1.54) is 11.3 Å². The van der Waals surface area contributed by atoms with Gasteiger partial charge in [0.2, 0.25) is 5.91 Å². The third-order valence-electron chi connectivity index (χ3n) is 3.46. The third-order valence-corrected chi connectivity index (χ3v) is 4.18. The maximum atomic E-state index is 12.1. The monoisotopic (exact) mass is 298 g/mol. The summed E-state index contributed by atoms with van der Waals surface area (Å²) in [6.07, 6.45) is 1.66. The molecule has 2 rings (SSSR count). The second-order valence-electron chi connectivity index (χ2n) is 5.70. The van der Waals surface area contributed by atoms with Crippen LogP contribution < -0.4 is 5.73 Å². The number of thiazole rings is 1. The lowest BCUT2D eigenvalue weighted by atomic mass is 10.0. The first-order valence-electron chi connectivity index (χ1n) is 6.73. The lowest BCUT2D eigenvalue weighted by Crippen LogP contribution is -2.43. The average Bonchev–Trinajstić information content (AvgIpc) is 2.92. The summed E-state index contributed by atoms with van der Waals surface area (Å²) in [6.45, 7) is 1.63. The smallest absolute Gasteiger partial charge is 0.223 e. The van der Waals surface area contributed by atoms with Crippen LogP contribution in [0.2, 0.25) is 0 Å². The number of likely N-dealkylation sites (tertiary alicyclic amines) is 1. The Morgan fingerprint density at radius 2 is 2.40 bits per heavy atom. The van der Waals surface area contributed by atoms with E-state index in [-0.39, 0.29) is 5.91 Å². The molecule has 0 aliphatic carbocycles. The molecule has 1 unspecified atom stereocenters. The minimum Gasteiger partial charge on any atom is -0.387 e. The topological polar surface area (TPSA) is 82.7 Å². The summed E-state index contributed by atoms with van der Waals surface area (Å²) >= 11 is 1.39. The number of β-amino-alcohol motifs (C(OH)–C–C–N with tert-alkyl or cyclic N) is 1. The van der Waals surface area contributed by atoms with Gasteiger partial charge in [-0.3, -0.25) is 4.79 Å². The number of aromatic nitrogens is 1. The fourth-order valence-corrected chi connectivity index (χ4v) is 3.21. The van der Waals surface area contributed by atoms with Crippen LogP contribution >= 0.6 is 11.3 Å². The fraction of sp³-hybridized carbons (Fsp3) is 0.692. The van der Waals surface area contributed by atoms with Crippen molar-refractivity contribution in [2.75, 3.05) is 39.5 Å². The van der Waals surface area contributed by atoms with Crippen LogP contribution in [0.5, 0.6) is 0 Å². The molecule has 0 bridgehead atoms. The molecule has 3 N–H and O–H groups in total. The van der Waals surface area contributed by atoms with Crippen molar-refractivity contribution in [1.82, 2.24) is 14.8 Å². The molecule has 1 aromatic heterocycles. The molecule has 1 amide bonds. The molecule has 2 heterocycles. The van der Waals surface area contributed by atoms with Gasteiger partial charge in [-0.1, -0.05) is 0 Å². The van der Waals surface area contributed by atoms with Crippen molar-refractivity contribution in [2.45, 2.75) is 24.9 Å². The van der Waals surface area contributed by atoms with Gasteiger partial charge in [0.15, 0.2) is 5.13 Å². The Morgan fingerprint density at radius 1 is 1.65 bits per heavy atom. The van der Waals surface area contributed by atoms with Crippen molar-refractivity contribution >= 4 is 22.4 Å². The lowest BCUT2D eigenvalue weighted by Gasteiger charge is -2.26. The largest absolute Gasteiger partial charge is 0.387 e. The van der Waals surface area contributed by atoms with Crippen LogP contribution in [-0.2, 0) is 11.2 Å². The molecule has 0 saturated carbocycles. The number of nitrogens with two attached hydrogens (primary N) is 1. The number of rotatable bonds is 5. The summed E-state index contributed by atoms with van der Waals surface area (Å²) < 4.78 is 0. The molecule has 1 aliphatic heterocycles. The van der Waals surface area contributed by atoms with Gasteiger partial charge < -0.3 is 20.6 Å². The van der Waals surface area contributed by atoms with Crippen LogP contribution in [0.15, 0.2) is 5.38 Å². The first-order chi connectivity index (χ1) is 9.38. The highest BCUT2D eigenvalue weighted by atomic mass is 32.1. The summed E-state index contributed by atoms with van der Waals surface area (Å²) in [5.41, 5.74) is 5.65. The third kappa shape index (κ3) is 3.91. The molecule has 112 valence electrons. The van der Waals surface area contributed by atoms with Gasteiger partial charge in [-0.05, 0) is 26.9 Å². The highest BCUT2D eigenvalue weighted by molar-refractivity contribution is 7.13. The van der Waals surface area contributed by atoms with Crippen molar-refractivity contribution in [3.05, 3.63) is 11.1 Å². The van der Waals surface area contributed by atoms with E-state index in [9.17, 15) is 9.90 Å². The van der Waals surface area contributed by atoms with Gasteiger partial charge in [0.1, 0.15) is 0 Å². The number of anilines is 1. The van der Waals surface area contributed by atoms with Gasteiger partial charge in [0.25, 0.3) is 0 Å². The Hall–Kier alpha value is -1.18. The number of carbonyl (C=O) groups excluding carboxylic acids is 1. The average molecular weight is 298 g/mol. The summed E-state index contributed by atoms with van der Waals surface area (Å²) in [7, 11) is 3.85. The number of hydrogen-bond acceptors (Lipinski definition) is 6. The zero-order valence-electron chi connectivity index (χ0n) is 12.0. The number of amides is 1.